The third-order valence-corrected chi connectivity index (χ3v) is 3.01. The van der Waals surface area contributed by atoms with Crippen molar-refractivity contribution >= 4 is 12.0 Å². The van der Waals surface area contributed by atoms with Crippen molar-refractivity contribution in [1.29, 1.82) is 0 Å². The average Bonchev–Trinajstić information content (AvgIpc) is 2.40. The topological polar surface area (TPSA) is 78.4 Å². The van der Waals surface area contributed by atoms with Crippen LogP contribution in [0.4, 0.5) is 9.18 Å². The average molecular weight is 296 g/mol. The summed E-state index contributed by atoms with van der Waals surface area (Å²) < 4.78 is 12.8. The van der Waals surface area contributed by atoms with E-state index in [2.05, 4.69) is 10.6 Å². The van der Waals surface area contributed by atoms with Crippen LogP contribution in [0.2, 0.25) is 0 Å². The fourth-order valence-electron chi connectivity index (χ4n) is 1.99. The molecule has 2 amide bonds. The van der Waals surface area contributed by atoms with E-state index in [1.165, 1.54) is 12.1 Å². The third-order valence-electron chi connectivity index (χ3n) is 3.01. The van der Waals surface area contributed by atoms with Crippen LogP contribution >= 0.6 is 0 Å². The molecule has 5 nitrogen and oxygen atoms in total. The number of benzene rings is 1. The minimum absolute atomic E-state index is 0.188. The van der Waals surface area contributed by atoms with Crippen LogP contribution in [0.25, 0.3) is 0 Å². The Labute approximate surface area is 123 Å². The summed E-state index contributed by atoms with van der Waals surface area (Å²) in [7, 11) is 0. The Kier molecular flexibility index (Phi) is 6.65. The number of carboxylic acids is 1. The number of urea groups is 1. The Morgan fingerprint density at radius 3 is 2.38 bits per heavy atom. The second kappa shape index (κ2) is 8.24. The molecule has 1 aromatic rings. The molecule has 1 aromatic carbocycles. The summed E-state index contributed by atoms with van der Waals surface area (Å²) in [5.74, 6) is -1.35. The lowest BCUT2D eigenvalue weighted by molar-refractivity contribution is -0.139. The molecule has 0 aromatic heterocycles. The molecule has 0 saturated heterocycles. The summed E-state index contributed by atoms with van der Waals surface area (Å²) in [6.45, 7) is 3.66. The SMILES string of the molecule is CCC[C@H](NC(=O)NC(C)Cc1ccc(F)cc1)C(=O)O. The predicted molar refractivity (Wildman–Crippen MR) is 77.6 cm³/mol. The number of aliphatic carboxylic acids is 1. The van der Waals surface area contributed by atoms with Gasteiger partial charge in [0.2, 0.25) is 0 Å². The highest BCUT2D eigenvalue weighted by molar-refractivity contribution is 5.82. The summed E-state index contributed by atoms with van der Waals surface area (Å²) >= 11 is 0. The molecule has 0 spiro atoms. The van der Waals surface area contributed by atoms with Crippen LogP contribution in [0.1, 0.15) is 32.3 Å². The number of carbonyl (C=O) groups excluding carboxylic acids is 1. The normalized spacial score (nSPS) is 13.3. The lowest BCUT2D eigenvalue weighted by atomic mass is 10.1. The molecule has 0 saturated carbocycles. The molecular formula is C15H21FN2O3. The first-order valence-corrected chi connectivity index (χ1v) is 6.96. The first kappa shape index (κ1) is 16.9. The van der Waals surface area contributed by atoms with Gasteiger partial charge in [-0.3, -0.25) is 0 Å². The number of amides is 2. The van der Waals surface area contributed by atoms with Gasteiger partial charge in [0.15, 0.2) is 0 Å². The maximum Gasteiger partial charge on any atom is 0.326 e. The Bertz CT molecular complexity index is 476. The zero-order valence-electron chi connectivity index (χ0n) is 12.2. The zero-order valence-corrected chi connectivity index (χ0v) is 12.2. The number of carbonyl (C=O) groups is 2. The van der Waals surface area contributed by atoms with Gasteiger partial charge in [-0.1, -0.05) is 25.5 Å². The monoisotopic (exact) mass is 296 g/mol. The second-order valence-electron chi connectivity index (χ2n) is 5.03. The van der Waals surface area contributed by atoms with E-state index in [0.717, 1.165) is 5.56 Å². The molecule has 0 heterocycles. The second-order valence-corrected chi connectivity index (χ2v) is 5.03. The Morgan fingerprint density at radius 1 is 1.24 bits per heavy atom. The van der Waals surface area contributed by atoms with E-state index in [9.17, 15) is 14.0 Å². The minimum Gasteiger partial charge on any atom is -0.480 e. The first-order chi connectivity index (χ1) is 9.92. The maximum atomic E-state index is 12.8. The van der Waals surface area contributed by atoms with Crippen molar-refractivity contribution in [2.45, 2.75) is 45.2 Å². The Balaban J connectivity index is 2.46. The van der Waals surface area contributed by atoms with Gasteiger partial charge >= 0.3 is 12.0 Å². The molecule has 0 aliphatic rings. The molecule has 3 N–H and O–H groups in total. The Morgan fingerprint density at radius 2 is 1.86 bits per heavy atom. The van der Waals surface area contributed by atoms with Crippen LogP contribution < -0.4 is 10.6 Å². The molecule has 6 heteroatoms. The molecule has 0 fully saturated rings. The van der Waals surface area contributed by atoms with Crippen molar-refractivity contribution in [3.63, 3.8) is 0 Å². The van der Waals surface area contributed by atoms with Crippen LogP contribution in [0, 0.1) is 5.82 Å². The molecule has 0 aliphatic heterocycles. The van der Waals surface area contributed by atoms with E-state index < -0.39 is 18.0 Å². The van der Waals surface area contributed by atoms with E-state index >= 15 is 0 Å². The number of nitrogens with one attached hydrogen (secondary N) is 2. The van der Waals surface area contributed by atoms with Crippen LogP contribution in [-0.2, 0) is 11.2 Å². The lowest BCUT2D eigenvalue weighted by Crippen LogP contribution is -2.48. The molecule has 116 valence electrons. The number of rotatable bonds is 7. The molecule has 1 unspecified atom stereocenters. The smallest absolute Gasteiger partial charge is 0.326 e. The fraction of sp³-hybridized carbons (Fsp3) is 0.467. The number of carboxylic acid groups (broad SMARTS) is 1. The number of hydrogen-bond acceptors (Lipinski definition) is 2. The molecule has 0 radical (unpaired) electrons. The number of halogens is 1. The summed E-state index contributed by atoms with van der Waals surface area (Å²) in [5, 5.41) is 14.1. The van der Waals surface area contributed by atoms with Gasteiger partial charge < -0.3 is 15.7 Å². The molecule has 0 aliphatic carbocycles. The molecule has 0 bridgehead atoms. The van der Waals surface area contributed by atoms with Crippen molar-refractivity contribution in [2.75, 3.05) is 0 Å². The molecule has 1 rings (SSSR count). The standard InChI is InChI=1S/C15H21FN2O3/c1-3-4-13(14(19)20)18-15(21)17-10(2)9-11-5-7-12(16)8-6-11/h5-8,10,13H,3-4,9H2,1-2H3,(H,19,20)(H2,17,18,21)/t10?,13-/m0/s1. The number of hydrogen-bond donors (Lipinski definition) is 3. The minimum atomic E-state index is -1.04. The maximum absolute atomic E-state index is 12.8. The van der Waals surface area contributed by atoms with Crippen molar-refractivity contribution in [3.05, 3.63) is 35.6 Å². The van der Waals surface area contributed by atoms with E-state index in [0.29, 0.717) is 19.3 Å². The van der Waals surface area contributed by atoms with Crippen molar-refractivity contribution in [1.82, 2.24) is 10.6 Å². The zero-order chi connectivity index (χ0) is 15.8. The van der Waals surface area contributed by atoms with Gasteiger partial charge in [0.05, 0.1) is 0 Å². The van der Waals surface area contributed by atoms with Gasteiger partial charge in [0.1, 0.15) is 11.9 Å². The van der Waals surface area contributed by atoms with Crippen molar-refractivity contribution in [3.8, 4) is 0 Å². The van der Waals surface area contributed by atoms with Crippen LogP contribution in [0.3, 0.4) is 0 Å². The highest BCUT2D eigenvalue weighted by atomic mass is 19.1. The van der Waals surface area contributed by atoms with Crippen molar-refractivity contribution < 1.29 is 19.1 Å². The largest absolute Gasteiger partial charge is 0.480 e. The van der Waals surface area contributed by atoms with E-state index in [1.54, 1.807) is 19.1 Å². The van der Waals surface area contributed by atoms with E-state index in [4.69, 9.17) is 5.11 Å². The molecule has 21 heavy (non-hydrogen) atoms. The van der Waals surface area contributed by atoms with Gasteiger partial charge in [0.25, 0.3) is 0 Å². The van der Waals surface area contributed by atoms with E-state index in [1.807, 2.05) is 6.92 Å². The summed E-state index contributed by atoms with van der Waals surface area (Å²) in [6, 6.07) is 4.46. The predicted octanol–water partition coefficient (Wildman–Crippen LogP) is 2.31. The third kappa shape index (κ3) is 6.25. The molecule has 2 atom stereocenters. The van der Waals surface area contributed by atoms with Gasteiger partial charge in [0, 0.05) is 6.04 Å². The van der Waals surface area contributed by atoms with Crippen molar-refractivity contribution in [2.24, 2.45) is 0 Å². The highest BCUT2D eigenvalue weighted by Crippen LogP contribution is 2.05. The van der Waals surface area contributed by atoms with Gasteiger partial charge in [-0.25, -0.2) is 14.0 Å². The molecular weight excluding hydrogens is 275 g/mol. The fourth-order valence-corrected chi connectivity index (χ4v) is 1.99. The van der Waals surface area contributed by atoms with E-state index in [-0.39, 0.29) is 11.9 Å². The highest BCUT2D eigenvalue weighted by Gasteiger charge is 2.19. The quantitative estimate of drug-likeness (QED) is 0.722. The van der Waals surface area contributed by atoms with Crippen LogP contribution in [0.15, 0.2) is 24.3 Å². The summed E-state index contributed by atoms with van der Waals surface area (Å²) in [4.78, 5) is 22.7. The first-order valence-electron chi connectivity index (χ1n) is 6.96. The Hall–Kier alpha value is -2.11. The van der Waals surface area contributed by atoms with Gasteiger partial charge in [-0.15, -0.1) is 0 Å². The lowest BCUT2D eigenvalue weighted by Gasteiger charge is -2.18. The van der Waals surface area contributed by atoms with Gasteiger partial charge in [-0.05, 0) is 37.5 Å². The summed E-state index contributed by atoms with van der Waals surface area (Å²) in [6.07, 6.45) is 1.59. The van der Waals surface area contributed by atoms with Crippen LogP contribution in [-0.4, -0.2) is 29.2 Å². The van der Waals surface area contributed by atoms with Gasteiger partial charge in [-0.2, -0.15) is 0 Å². The summed E-state index contributed by atoms with van der Waals surface area (Å²) in [5.41, 5.74) is 0.896. The van der Waals surface area contributed by atoms with Crippen LogP contribution in [0.5, 0.6) is 0 Å².